The molecule has 0 radical (unpaired) electrons. The second-order valence-electron chi connectivity index (χ2n) is 5.61. The number of thioether (sulfide) groups is 1. The number of aromatic nitrogens is 2. The van der Waals surface area contributed by atoms with Crippen molar-refractivity contribution in [2.24, 2.45) is 10.7 Å². The number of hydrogen-bond acceptors (Lipinski definition) is 3. The van der Waals surface area contributed by atoms with Crippen molar-refractivity contribution in [2.45, 2.75) is 17.9 Å². The van der Waals surface area contributed by atoms with Gasteiger partial charge >= 0.3 is 0 Å². The van der Waals surface area contributed by atoms with Crippen molar-refractivity contribution in [3.05, 3.63) is 82.4 Å². The van der Waals surface area contributed by atoms with Crippen LogP contribution in [0.15, 0.2) is 64.9 Å². The number of aromatic amines is 1. The molecule has 4 nitrogen and oxygen atoms in total. The van der Waals surface area contributed by atoms with Gasteiger partial charge in [-0.15, -0.1) is 11.8 Å². The highest BCUT2D eigenvalue weighted by molar-refractivity contribution is 7.98. The minimum Gasteiger partial charge on any atom is -0.383 e. The van der Waals surface area contributed by atoms with Crippen molar-refractivity contribution < 1.29 is 0 Å². The number of H-pyrrole nitrogens is 1. The Morgan fingerprint density at radius 3 is 2.72 bits per heavy atom. The fraction of sp³-hybridized carbons (Fsp3) is 0.158. The Balaban J connectivity index is 1.76. The molecule has 0 aliphatic rings. The summed E-state index contributed by atoms with van der Waals surface area (Å²) in [5.41, 5.74) is 10.5. The van der Waals surface area contributed by atoms with Crippen LogP contribution in [-0.2, 0) is 13.0 Å². The average molecular weight is 371 g/mol. The van der Waals surface area contributed by atoms with Crippen LogP contribution >= 0.6 is 23.4 Å². The fourth-order valence-corrected chi connectivity index (χ4v) is 3.27. The van der Waals surface area contributed by atoms with E-state index in [0.29, 0.717) is 12.4 Å². The van der Waals surface area contributed by atoms with Gasteiger partial charge in [-0.3, -0.25) is 4.99 Å². The smallest absolute Gasteiger partial charge is 0.125 e. The zero-order chi connectivity index (χ0) is 17.6. The quantitative estimate of drug-likeness (QED) is 0.386. The first-order valence-electron chi connectivity index (χ1n) is 7.84. The van der Waals surface area contributed by atoms with Crippen LogP contribution in [-0.4, -0.2) is 22.1 Å². The van der Waals surface area contributed by atoms with Gasteiger partial charge in [-0.25, -0.2) is 4.98 Å². The molecule has 0 bridgehead atoms. The lowest BCUT2D eigenvalue weighted by Gasteiger charge is -2.09. The van der Waals surface area contributed by atoms with Crippen molar-refractivity contribution >= 4 is 29.2 Å². The van der Waals surface area contributed by atoms with E-state index in [1.807, 2.05) is 36.5 Å². The number of nitrogens with one attached hydrogen (secondary N) is 1. The standard InChI is InChI=1S/C19H19ClN4S/c1-25-18-9-15(5-4-14(18)8-17-11-22-12-24-17)19(21)23-10-13-2-6-16(20)7-3-13/h2-7,9,11-12H,8,10H2,1H3,(H2,21,23)(H,22,24). The minimum atomic E-state index is 0.535. The van der Waals surface area contributed by atoms with Crippen molar-refractivity contribution in [3.63, 3.8) is 0 Å². The Hall–Kier alpha value is -2.24. The molecular weight excluding hydrogens is 352 g/mol. The molecule has 0 spiro atoms. The summed E-state index contributed by atoms with van der Waals surface area (Å²) in [4.78, 5) is 12.9. The maximum atomic E-state index is 6.18. The van der Waals surface area contributed by atoms with Crippen LogP contribution in [0.1, 0.15) is 22.4 Å². The van der Waals surface area contributed by atoms with Gasteiger partial charge in [0.15, 0.2) is 0 Å². The third kappa shape index (κ3) is 4.65. The van der Waals surface area contributed by atoms with Crippen LogP contribution in [0.25, 0.3) is 0 Å². The number of halogens is 1. The molecule has 3 N–H and O–H groups in total. The van der Waals surface area contributed by atoms with E-state index in [1.165, 1.54) is 10.5 Å². The largest absolute Gasteiger partial charge is 0.383 e. The molecule has 0 saturated carbocycles. The van der Waals surface area contributed by atoms with Crippen LogP contribution in [0.5, 0.6) is 0 Å². The molecule has 0 saturated heterocycles. The fourth-order valence-electron chi connectivity index (χ4n) is 2.49. The Kier molecular flexibility index (Phi) is 5.79. The van der Waals surface area contributed by atoms with E-state index in [2.05, 4.69) is 33.3 Å². The molecule has 0 aliphatic heterocycles. The zero-order valence-corrected chi connectivity index (χ0v) is 15.4. The number of amidine groups is 1. The Labute approximate surface area is 156 Å². The molecule has 1 aromatic heterocycles. The molecule has 3 aromatic rings. The van der Waals surface area contributed by atoms with E-state index < -0.39 is 0 Å². The number of hydrogen-bond donors (Lipinski definition) is 2. The Morgan fingerprint density at radius 1 is 1.24 bits per heavy atom. The van der Waals surface area contributed by atoms with Crippen LogP contribution in [0.2, 0.25) is 5.02 Å². The molecular formula is C19H19ClN4S. The van der Waals surface area contributed by atoms with Crippen LogP contribution in [0.3, 0.4) is 0 Å². The van der Waals surface area contributed by atoms with Crippen molar-refractivity contribution in [1.29, 1.82) is 0 Å². The molecule has 0 atom stereocenters. The molecule has 2 aromatic carbocycles. The van der Waals surface area contributed by atoms with Gasteiger partial charge in [0.25, 0.3) is 0 Å². The number of imidazole rings is 1. The van der Waals surface area contributed by atoms with E-state index in [4.69, 9.17) is 17.3 Å². The number of benzene rings is 2. The van der Waals surface area contributed by atoms with E-state index in [1.54, 1.807) is 18.1 Å². The number of aliphatic imine (C=N–C) groups is 1. The second kappa shape index (κ2) is 8.23. The molecule has 0 unspecified atom stereocenters. The molecule has 1 heterocycles. The van der Waals surface area contributed by atoms with E-state index in [0.717, 1.165) is 28.3 Å². The van der Waals surface area contributed by atoms with E-state index in [9.17, 15) is 0 Å². The van der Waals surface area contributed by atoms with Gasteiger partial charge in [-0.2, -0.15) is 0 Å². The van der Waals surface area contributed by atoms with Gasteiger partial charge in [-0.1, -0.05) is 35.9 Å². The molecule has 0 amide bonds. The topological polar surface area (TPSA) is 67.1 Å². The summed E-state index contributed by atoms with van der Waals surface area (Å²) in [5, 5.41) is 0.721. The summed E-state index contributed by atoms with van der Waals surface area (Å²) in [6.07, 6.45) is 6.43. The predicted molar refractivity (Wildman–Crippen MR) is 105 cm³/mol. The van der Waals surface area contributed by atoms with Gasteiger partial charge in [0.2, 0.25) is 0 Å². The lowest BCUT2D eigenvalue weighted by atomic mass is 10.1. The van der Waals surface area contributed by atoms with Gasteiger partial charge in [-0.05, 0) is 35.6 Å². The van der Waals surface area contributed by atoms with Crippen LogP contribution in [0, 0.1) is 0 Å². The van der Waals surface area contributed by atoms with E-state index >= 15 is 0 Å². The van der Waals surface area contributed by atoms with Crippen molar-refractivity contribution in [3.8, 4) is 0 Å². The molecule has 128 valence electrons. The number of nitrogens with zero attached hydrogens (tertiary/aromatic N) is 2. The molecule has 25 heavy (non-hydrogen) atoms. The van der Waals surface area contributed by atoms with Gasteiger partial charge in [0.05, 0.1) is 12.9 Å². The van der Waals surface area contributed by atoms with Crippen molar-refractivity contribution in [1.82, 2.24) is 9.97 Å². The lowest BCUT2D eigenvalue weighted by molar-refractivity contribution is 1.05. The highest BCUT2D eigenvalue weighted by atomic mass is 35.5. The number of rotatable bonds is 6. The zero-order valence-electron chi connectivity index (χ0n) is 13.9. The van der Waals surface area contributed by atoms with E-state index in [-0.39, 0.29) is 0 Å². The first-order chi connectivity index (χ1) is 12.2. The molecule has 0 fully saturated rings. The van der Waals surface area contributed by atoms with Gasteiger partial charge in [0, 0.05) is 33.8 Å². The Morgan fingerprint density at radius 2 is 2.04 bits per heavy atom. The van der Waals surface area contributed by atoms with Crippen LogP contribution in [0.4, 0.5) is 0 Å². The number of nitrogens with two attached hydrogens (primary N) is 1. The molecule has 6 heteroatoms. The first-order valence-corrected chi connectivity index (χ1v) is 9.45. The van der Waals surface area contributed by atoms with Crippen LogP contribution < -0.4 is 5.73 Å². The third-order valence-corrected chi connectivity index (χ3v) is 4.94. The lowest BCUT2D eigenvalue weighted by Crippen LogP contribution is -2.14. The summed E-state index contributed by atoms with van der Waals surface area (Å²) < 4.78 is 0. The van der Waals surface area contributed by atoms with Crippen molar-refractivity contribution in [2.75, 3.05) is 6.26 Å². The predicted octanol–water partition coefficient (Wildman–Crippen LogP) is 4.28. The maximum Gasteiger partial charge on any atom is 0.125 e. The summed E-state index contributed by atoms with van der Waals surface area (Å²) >= 11 is 7.61. The average Bonchev–Trinajstić information content (AvgIpc) is 3.14. The maximum absolute atomic E-state index is 6.18. The summed E-state index contributed by atoms with van der Waals surface area (Å²) in [7, 11) is 0. The highest BCUT2D eigenvalue weighted by Gasteiger charge is 2.07. The third-order valence-electron chi connectivity index (χ3n) is 3.86. The van der Waals surface area contributed by atoms with Gasteiger partial charge in [0.1, 0.15) is 5.84 Å². The SMILES string of the molecule is CSc1cc(C(N)=NCc2ccc(Cl)cc2)ccc1Cc1cnc[nH]1. The molecule has 3 rings (SSSR count). The first kappa shape index (κ1) is 17.6. The highest BCUT2D eigenvalue weighted by Crippen LogP contribution is 2.24. The monoisotopic (exact) mass is 370 g/mol. The summed E-state index contributed by atoms with van der Waals surface area (Å²) in [6, 6.07) is 13.9. The Bertz CT molecular complexity index is 858. The van der Waals surface area contributed by atoms with Gasteiger partial charge < -0.3 is 10.7 Å². The minimum absolute atomic E-state index is 0.535. The molecule has 0 aliphatic carbocycles. The second-order valence-corrected chi connectivity index (χ2v) is 6.89. The summed E-state index contributed by atoms with van der Waals surface area (Å²) in [6.45, 7) is 0.535. The summed E-state index contributed by atoms with van der Waals surface area (Å²) in [5.74, 6) is 0.540. The normalized spacial score (nSPS) is 11.7.